The summed E-state index contributed by atoms with van der Waals surface area (Å²) in [5, 5.41) is 1.66. The van der Waals surface area contributed by atoms with E-state index in [1.165, 1.54) is 44.8 Å². The maximum atomic E-state index is 16.6. The summed E-state index contributed by atoms with van der Waals surface area (Å²) in [6.45, 7) is 10.9. The topological polar surface area (TPSA) is 31.2 Å². The van der Waals surface area contributed by atoms with Gasteiger partial charge < -0.3 is 4.90 Å². The Morgan fingerprint density at radius 3 is 2.45 bits per heavy atom. The van der Waals surface area contributed by atoms with Crippen LogP contribution in [0.25, 0.3) is 21.9 Å². The second-order valence-electron chi connectivity index (χ2n) is 11.5. The fourth-order valence-electron chi connectivity index (χ4n) is 7.26. The Balaban J connectivity index is 1.55. The van der Waals surface area contributed by atoms with Gasteiger partial charge in [-0.15, -0.1) is 0 Å². The van der Waals surface area contributed by atoms with Crippen molar-refractivity contribution in [3.63, 3.8) is 0 Å². The van der Waals surface area contributed by atoms with E-state index >= 15 is 4.39 Å². The number of nitrogens with zero attached hydrogens (tertiary/aromatic N) is 4. The zero-order valence-electron chi connectivity index (χ0n) is 24.5. The van der Waals surface area contributed by atoms with E-state index in [9.17, 15) is 4.39 Å². The zero-order chi connectivity index (χ0) is 28.4. The van der Waals surface area contributed by atoms with Crippen molar-refractivity contribution in [1.82, 2.24) is 9.80 Å². The van der Waals surface area contributed by atoms with Crippen LogP contribution < -0.4 is 0 Å². The van der Waals surface area contributed by atoms with E-state index in [1.807, 2.05) is 57.1 Å². The second kappa shape index (κ2) is 11.8. The summed E-state index contributed by atoms with van der Waals surface area (Å²) in [6.07, 6.45) is 8.50. The molecule has 0 N–H and O–H groups in total. The van der Waals surface area contributed by atoms with Crippen molar-refractivity contribution in [2.75, 3.05) is 33.7 Å². The van der Waals surface area contributed by atoms with Gasteiger partial charge in [-0.2, -0.15) is 0 Å². The Morgan fingerprint density at radius 2 is 1.80 bits per heavy atom. The second-order valence-corrected chi connectivity index (χ2v) is 11.5. The minimum atomic E-state index is -0.427. The molecule has 4 nitrogen and oxygen atoms in total. The molecule has 2 heterocycles. The molecule has 0 radical (unpaired) electrons. The molecule has 6 heteroatoms. The van der Waals surface area contributed by atoms with Gasteiger partial charge in [0.2, 0.25) is 0 Å². The number of hydrogen-bond donors (Lipinski definition) is 0. The summed E-state index contributed by atoms with van der Waals surface area (Å²) >= 11 is 0. The van der Waals surface area contributed by atoms with Crippen LogP contribution in [0.1, 0.15) is 69.1 Å². The largest absolute Gasteiger partial charge is 0.362 e. The molecule has 0 unspecified atom stereocenters. The summed E-state index contributed by atoms with van der Waals surface area (Å²) < 4.78 is 31.5. The van der Waals surface area contributed by atoms with Crippen molar-refractivity contribution in [2.45, 2.75) is 70.8 Å². The first-order valence-corrected chi connectivity index (χ1v) is 14.8. The van der Waals surface area contributed by atoms with Gasteiger partial charge in [0.1, 0.15) is 17.3 Å². The number of halogens is 2. The van der Waals surface area contributed by atoms with Crippen LogP contribution in [-0.2, 0) is 12.8 Å². The molecule has 0 aromatic heterocycles. The number of hydrogen-bond acceptors (Lipinski definition) is 3. The van der Waals surface area contributed by atoms with Crippen LogP contribution in [0.5, 0.6) is 0 Å². The van der Waals surface area contributed by atoms with Crippen molar-refractivity contribution in [1.29, 1.82) is 0 Å². The van der Waals surface area contributed by atoms with Gasteiger partial charge in [0.05, 0.1) is 0 Å². The first-order valence-electron chi connectivity index (χ1n) is 14.8. The molecule has 2 aliphatic rings. The number of fused-ring (bicyclic) bond motifs is 2. The van der Waals surface area contributed by atoms with Crippen molar-refractivity contribution in [3.8, 4) is 11.1 Å². The molecule has 40 heavy (non-hydrogen) atoms. The van der Waals surface area contributed by atoms with Crippen LogP contribution in [-0.4, -0.2) is 61.6 Å². The average molecular weight is 545 g/mol. The van der Waals surface area contributed by atoms with E-state index in [2.05, 4.69) is 16.6 Å². The van der Waals surface area contributed by atoms with Crippen LogP contribution >= 0.6 is 0 Å². The molecule has 0 spiro atoms. The van der Waals surface area contributed by atoms with Gasteiger partial charge in [0.15, 0.2) is 5.82 Å². The molecule has 3 aromatic rings. The Hall–Kier alpha value is -3.12. The number of amidine groups is 1. The lowest BCUT2D eigenvalue weighted by atomic mass is 9.88. The molecule has 0 saturated carbocycles. The van der Waals surface area contributed by atoms with Crippen LogP contribution in [0, 0.1) is 11.6 Å². The van der Waals surface area contributed by atoms with Crippen LogP contribution in [0.15, 0.2) is 46.4 Å². The third-order valence-corrected chi connectivity index (χ3v) is 9.12. The summed E-state index contributed by atoms with van der Waals surface area (Å²) in [7, 11) is 3.89. The van der Waals surface area contributed by atoms with Crippen LogP contribution in [0.3, 0.4) is 0 Å². The van der Waals surface area contributed by atoms with Gasteiger partial charge in [0.25, 0.3) is 0 Å². The smallest absolute Gasteiger partial charge is 0.157 e. The summed E-state index contributed by atoms with van der Waals surface area (Å²) in [5.74, 6) is 0.0246. The van der Waals surface area contributed by atoms with Gasteiger partial charge >= 0.3 is 0 Å². The SMILES string of the molecule is C=Nc1c(C(=NCCCC23CCCN2CCC3)N(C)C)cc(CC)c(-c2cccc3ccc(F)c(CC)c23)c1F. The van der Waals surface area contributed by atoms with Gasteiger partial charge in [-0.05, 0) is 111 Å². The van der Waals surface area contributed by atoms with Gasteiger partial charge in [-0.25, -0.2) is 8.78 Å². The Kier molecular flexibility index (Phi) is 8.37. The quantitative estimate of drug-likeness (QED) is 0.155. The monoisotopic (exact) mass is 544 g/mol. The predicted octanol–water partition coefficient (Wildman–Crippen LogP) is 7.96. The minimum absolute atomic E-state index is 0.197. The Morgan fingerprint density at radius 1 is 1.05 bits per heavy atom. The molecular weight excluding hydrogens is 502 g/mol. The fourth-order valence-corrected chi connectivity index (χ4v) is 7.26. The first kappa shape index (κ1) is 28.4. The molecular formula is C34H42F2N4. The average Bonchev–Trinajstić information content (AvgIpc) is 3.52. The van der Waals surface area contributed by atoms with Crippen molar-refractivity contribution >= 4 is 29.0 Å². The minimum Gasteiger partial charge on any atom is -0.362 e. The molecule has 2 saturated heterocycles. The highest BCUT2D eigenvalue weighted by molar-refractivity contribution is 6.06. The highest BCUT2D eigenvalue weighted by Crippen LogP contribution is 2.43. The number of benzene rings is 3. The summed E-state index contributed by atoms with van der Waals surface area (Å²) in [5.41, 5.74) is 3.84. The number of aryl methyl sites for hydroxylation is 2. The first-order chi connectivity index (χ1) is 19.3. The van der Waals surface area contributed by atoms with E-state index < -0.39 is 5.82 Å². The lowest BCUT2D eigenvalue weighted by Crippen LogP contribution is -2.38. The van der Waals surface area contributed by atoms with E-state index in [-0.39, 0.29) is 11.5 Å². The third-order valence-electron chi connectivity index (χ3n) is 9.12. The molecule has 0 amide bonds. The summed E-state index contributed by atoms with van der Waals surface area (Å²) in [6, 6.07) is 11.0. The Labute approximate surface area is 237 Å². The maximum absolute atomic E-state index is 16.6. The molecule has 3 aromatic carbocycles. The highest BCUT2D eigenvalue weighted by atomic mass is 19.1. The third kappa shape index (κ3) is 4.96. The summed E-state index contributed by atoms with van der Waals surface area (Å²) in [4.78, 5) is 13.8. The molecule has 2 aliphatic heterocycles. The fraction of sp³-hybridized carbons (Fsp3) is 0.471. The molecule has 5 rings (SSSR count). The van der Waals surface area contributed by atoms with Gasteiger partial charge in [0, 0.05) is 37.3 Å². The van der Waals surface area contributed by atoms with Crippen molar-refractivity contribution in [3.05, 3.63) is 64.7 Å². The molecule has 0 atom stereocenters. The molecule has 212 valence electrons. The van der Waals surface area contributed by atoms with E-state index in [1.54, 1.807) is 6.07 Å². The molecule has 0 bridgehead atoms. The Bertz CT molecular complexity index is 1430. The standard InChI is InChI=1S/C34H42F2N4/c1-6-23-22-27(33(39(4)5)38-19-9-16-34-17-10-20-40(34)21-11-18-34)32(37-3)31(36)30(23)26-13-8-12-24-14-15-28(35)25(7-2)29(24)26/h8,12-15,22H,3,6-7,9-11,16-21H2,1-2,4-5H3. The van der Waals surface area contributed by atoms with E-state index in [4.69, 9.17) is 4.99 Å². The maximum Gasteiger partial charge on any atom is 0.157 e. The molecule has 2 fully saturated rings. The normalized spacial score (nSPS) is 17.0. The lowest BCUT2D eigenvalue weighted by Gasteiger charge is -2.32. The lowest BCUT2D eigenvalue weighted by molar-refractivity contribution is 0.180. The van der Waals surface area contributed by atoms with Gasteiger partial charge in [-0.1, -0.05) is 38.1 Å². The molecule has 0 aliphatic carbocycles. The van der Waals surface area contributed by atoms with Crippen LogP contribution in [0.4, 0.5) is 14.5 Å². The van der Waals surface area contributed by atoms with Gasteiger partial charge in [-0.3, -0.25) is 14.9 Å². The number of aliphatic imine (C=N–C) groups is 2. The van der Waals surface area contributed by atoms with E-state index in [0.717, 1.165) is 29.2 Å². The van der Waals surface area contributed by atoms with Crippen LogP contribution in [0.2, 0.25) is 0 Å². The predicted molar refractivity (Wildman–Crippen MR) is 164 cm³/mol. The van der Waals surface area contributed by atoms with E-state index in [0.29, 0.717) is 53.0 Å². The van der Waals surface area contributed by atoms with Crippen molar-refractivity contribution < 1.29 is 8.78 Å². The zero-order valence-corrected chi connectivity index (χ0v) is 24.5. The highest BCUT2D eigenvalue weighted by Gasteiger charge is 2.43. The number of rotatable bonds is 9. The van der Waals surface area contributed by atoms with Crippen molar-refractivity contribution in [2.24, 2.45) is 9.98 Å².